The molecule has 0 saturated heterocycles. The second-order valence-corrected chi connectivity index (χ2v) is 3.20. The van der Waals surface area contributed by atoms with Crippen molar-refractivity contribution in [3.63, 3.8) is 0 Å². The molecule has 0 aliphatic carbocycles. The van der Waals surface area contributed by atoms with E-state index in [1.807, 2.05) is 18.7 Å². The maximum atomic E-state index is 11.6. The van der Waals surface area contributed by atoms with Crippen LogP contribution in [0.1, 0.15) is 27.7 Å². The summed E-state index contributed by atoms with van der Waals surface area (Å²) in [6, 6.07) is 0. The van der Waals surface area contributed by atoms with Gasteiger partial charge in [-0.25, -0.2) is 9.59 Å². The molecule has 0 rings (SSSR count). The van der Waals surface area contributed by atoms with Crippen LogP contribution >= 0.6 is 0 Å². The van der Waals surface area contributed by atoms with Gasteiger partial charge >= 0.3 is 11.9 Å². The summed E-state index contributed by atoms with van der Waals surface area (Å²) in [4.78, 5) is 25.1. The third-order valence-electron chi connectivity index (χ3n) is 2.11. The van der Waals surface area contributed by atoms with Crippen LogP contribution in [0.3, 0.4) is 0 Å². The second kappa shape index (κ2) is 8.61. The number of esters is 2. The molecule has 17 heavy (non-hydrogen) atoms. The first-order valence-corrected chi connectivity index (χ1v) is 5.90. The molecule has 0 spiro atoms. The zero-order chi connectivity index (χ0) is 13.3. The normalized spacial score (nSPS) is 9.41. The van der Waals surface area contributed by atoms with Crippen LogP contribution in [0.4, 0.5) is 0 Å². The van der Waals surface area contributed by atoms with Crippen molar-refractivity contribution < 1.29 is 19.1 Å². The monoisotopic (exact) mass is 243 g/mol. The number of rotatable bonds is 7. The van der Waals surface area contributed by atoms with Crippen molar-refractivity contribution in [2.24, 2.45) is 0 Å². The Morgan fingerprint density at radius 3 is 1.65 bits per heavy atom. The average molecular weight is 243 g/mol. The Morgan fingerprint density at radius 2 is 1.35 bits per heavy atom. The van der Waals surface area contributed by atoms with Gasteiger partial charge in [-0.15, -0.1) is 0 Å². The zero-order valence-electron chi connectivity index (χ0n) is 11.0. The van der Waals surface area contributed by atoms with E-state index in [2.05, 4.69) is 0 Å². The fourth-order valence-corrected chi connectivity index (χ4v) is 1.20. The third-order valence-corrected chi connectivity index (χ3v) is 2.11. The van der Waals surface area contributed by atoms with Crippen molar-refractivity contribution in [2.75, 3.05) is 26.3 Å². The lowest BCUT2D eigenvalue weighted by atomic mass is 10.3. The zero-order valence-corrected chi connectivity index (χ0v) is 11.0. The number of ether oxygens (including phenoxy) is 2. The molecule has 0 fully saturated rings. The second-order valence-electron chi connectivity index (χ2n) is 3.20. The largest absolute Gasteiger partial charge is 0.462 e. The molecule has 0 N–H and O–H groups in total. The van der Waals surface area contributed by atoms with E-state index in [9.17, 15) is 9.59 Å². The number of carbonyl (C=O) groups excluding carboxylic acids is 2. The lowest BCUT2D eigenvalue weighted by Gasteiger charge is -2.17. The van der Waals surface area contributed by atoms with Gasteiger partial charge in [0, 0.05) is 19.3 Å². The third kappa shape index (κ3) is 5.38. The van der Waals surface area contributed by atoms with Crippen LogP contribution in [-0.4, -0.2) is 43.1 Å². The minimum Gasteiger partial charge on any atom is -0.462 e. The Morgan fingerprint density at radius 1 is 0.941 bits per heavy atom. The van der Waals surface area contributed by atoms with Crippen LogP contribution in [0.25, 0.3) is 0 Å². The molecular formula is C12H21NO4. The van der Waals surface area contributed by atoms with Gasteiger partial charge in [0.15, 0.2) is 5.57 Å². The molecule has 0 atom stereocenters. The molecule has 5 heteroatoms. The summed E-state index contributed by atoms with van der Waals surface area (Å²) >= 11 is 0. The molecule has 0 radical (unpaired) electrons. The highest BCUT2D eigenvalue weighted by Gasteiger charge is 2.21. The van der Waals surface area contributed by atoms with Crippen LogP contribution in [0.5, 0.6) is 0 Å². The van der Waals surface area contributed by atoms with Gasteiger partial charge in [-0.2, -0.15) is 0 Å². The molecule has 0 aromatic heterocycles. The van der Waals surface area contributed by atoms with Crippen molar-refractivity contribution in [3.05, 3.63) is 11.8 Å². The Hall–Kier alpha value is -1.52. The predicted molar refractivity (Wildman–Crippen MR) is 64.3 cm³/mol. The average Bonchev–Trinajstić information content (AvgIpc) is 2.31. The highest BCUT2D eigenvalue weighted by Crippen LogP contribution is 2.05. The highest BCUT2D eigenvalue weighted by molar-refractivity contribution is 6.13. The fraction of sp³-hybridized carbons (Fsp3) is 0.667. The van der Waals surface area contributed by atoms with Gasteiger partial charge < -0.3 is 14.4 Å². The molecular weight excluding hydrogens is 222 g/mol. The molecule has 0 amide bonds. The molecule has 0 heterocycles. The van der Waals surface area contributed by atoms with Crippen molar-refractivity contribution in [1.29, 1.82) is 0 Å². The lowest BCUT2D eigenvalue weighted by molar-refractivity contribution is -0.146. The molecule has 0 saturated carbocycles. The Labute approximate surface area is 102 Å². The number of hydrogen-bond donors (Lipinski definition) is 0. The highest BCUT2D eigenvalue weighted by atomic mass is 16.6. The Bertz CT molecular complexity index is 262. The summed E-state index contributed by atoms with van der Waals surface area (Å²) in [5.74, 6) is -1.28. The number of carbonyl (C=O) groups is 2. The van der Waals surface area contributed by atoms with Gasteiger partial charge in [-0.1, -0.05) is 0 Å². The fourth-order valence-electron chi connectivity index (χ4n) is 1.20. The summed E-state index contributed by atoms with van der Waals surface area (Å²) < 4.78 is 9.65. The van der Waals surface area contributed by atoms with E-state index in [0.717, 1.165) is 0 Å². The van der Waals surface area contributed by atoms with Gasteiger partial charge in [0.25, 0.3) is 0 Å². The Balaban J connectivity index is 4.95. The van der Waals surface area contributed by atoms with E-state index in [-0.39, 0.29) is 18.8 Å². The number of hydrogen-bond acceptors (Lipinski definition) is 5. The van der Waals surface area contributed by atoms with Gasteiger partial charge in [0.2, 0.25) is 0 Å². The maximum absolute atomic E-state index is 11.6. The van der Waals surface area contributed by atoms with E-state index >= 15 is 0 Å². The molecule has 0 aromatic carbocycles. The summed E-state index contributed by atoms with van der Waals surface area (Å²) in [5, 5.41) is 0. The summed E-state index contributed by atoms with van der Waals surface area (Å²) in [6.07, 6.45) is 1.50. The Kier molecular flexibility index (Phi) is 7.84. The molecule has 98 valence electrons. The van der Waals surface area contributed by atoms with Crippen LogP contribution in [0, 0.1) is 0 Å². The number of nitrogens with zero attached hydrogens (tertiary/aromatic N) is 1. The SMILES string of the molecule is CCOC(=O)C(=CN(CC)CC)C(=O)OCC. The first kappa shape index (κ1) is 15.5. The van der Waals surface area contributed by atoms with Gasteiger partial charge in [-0.05, 0) is 27.7 Å². The predicted octanol–water partition coefficient (Wildman–Crippen LogP) is 1.34. The first-order valence-electron chi connectivity index (χ1n) is 5.90. The summed E-state index contributed by atoms with van der Waals surface area (Å²) in [7, 11) is 0. The van der Waals surface area contributed by atoms with Gasteiger partial charge in [-0.3, -0.25) is 0 Å². The first-order chi connectivity index (χ1) is 8.10. The van der Waals surface area contributed by atoms with Gasteiger partial charge in [0.05, 0.1) is 13.2 Å². The van der Waals surface area contributed by atoms with Gasteiger partial charge in [0.1, 0.15) is 0 Å². The van der Waals surface area contributed by atoms with E-state index in [1.54, 1.807) is 13.8 Å². The minimum atomic E-state index is -0.641. The summed E-state index contributed by atoms with van der Waals surface area (Å²) in [5.41, 5.74) is -0.0580. The van der Waals surface area contributed by atoms with E-state index in [1.165, 1.54) is 6.20 Å². The standard InChI is InChI=1S/C12H21NO4/c1-5-13(6-2)9-10(11(14)16-7-3)12(15)17-8-4/h9H,5-8H2,1-4H3. The quantitative estimate of drug-likeness (QED) is 0.292. The van der Waals surface area contributed by atoms with Crippen molar-refractivity contribution in [2.45, 2.75) is 27.7 Å². The van der Waals surface area contributed by atoms with Crippen molar-refractivity contribution >= 4 is 11.9 Å². The topological polar surface area (TPSA) is 55.8 Å². The van der Waals surface area contributed by atoms with E-state index < -0.39 is 11.9 Å². The maximum Gasteiger partial charge on any atom is 0.347 e. The minimum absolute atomic E-state index is 0.0580. The molecule has 0 bridgehead atoms. The smallest absolute Gasteiger partial charge is 0.347 e. The van der Waals surface area contributed by atoms with Crippen molar-refractivity contribution in [1.82, 2.24) is 4.90 Å². The molecule has 0 aliphatic rings. The van der Waals surface area contributed by atoms with E-state index in [0.29, 0.717) is 13.1 Å². The van der Waals surface area contributed by atoms with Crippen molar-refractivity contribution in [3.8, 4) is 0 Å². The molecule has 0 aromatic rings. The molecule has 0 aliphatic heterocycles. The van der Waals surface area contributed by atoms with Crippen LogP contribution in [0.15, 0.2) is 11.8 Å². The molecule has 5 nitrogen and oxygen atoms in total. The summed E-state index contributed by atoms with van der Waals surface area (Å²) in [6.45, 7) is 9.14. The lowest BCUT2D eigenvalue weighted by Crippen LogP contribution is -2.24. The van der Waals surface area contributed by atoms with Crippen LogP contribution < -0.4 is 0 Å². The molecule has 0 unspecified atom stereocenters. The van der Waals surface area contributed by atoms with Crippen LogP contribution in [-0.2, 0) is 19.1 Å². The van der Waals surface area contributed by atoms with E-state index in [4.69, 9.17) is 9.47 Å². The van der Waals surface area contributed by atoms with Crippen LogP contribution in [0.2, 0.25) is 0 Å².